The molecular weight excluding hydrogens is 524 g/mol. The molecule has 2 aromatic carbocycles. The average molecular weight is 538 g/mol. The molecule has 12 heteroatoms. The number of hydrogen-bond donors (Lipinski definition) is 2. The highest BCUT2D eigenvalue weighted by molar-refractivity contribution is 9.10. The van der Waals surface area contributed by atoms with Gasteiger partial charge in [-0.05, 0) is 39.8 Å². The first kappa shape index (κ1) is 24.3. The van der Waals surface area contributed by atoms with Crippen molar-refractivity contribution < 1.29 is 33.4 Å². The van der Waals surface area contributed by atoms with E-state index in [-0.39, 0.29) is 16.9 Å². The number of Topliss-reactive ketones (excluding diaryl/α,β-unsaturated/α-hetero) is 1. The number of nitriles is 1. The second-order valence-electron chi connectivity index (χ2n) is 6.87. The second-order valence-corrected chi connectivity index (χ2v) is 8.76. The van der Waals surface area contributed by atoms with Crippen LogP contribution in [0.2, 0.25) is 0 Å². The van der Waals surface area contributed by atoms with Crippen LogP contribution in [0.5, 0.6) is 0 Å². The number of fused-ring (bicyclic) bond motifs is 1. The van der Waals surface area contributed by atoms with Gasteiger partial charge in [-0.3, -0.25) is 19.0 Å². The average Bonchev–Trinajstić information content (AvgIpc) is 3.11. The van der Waals surface area contributed by atoms with Gasteiger partial charge in [-0.25, -0.2) is 4.98 Å². The summed E-state index contributed by atoms with van der Waals surface area (Å²) in [5.74, 6) is -6.68. The quantitative estimate of drug-likeness (QED) is 0.381. The zero-order chi connectivity index (χ0) is 24.3. The van der Waals surface area contributed by atoms with Gasteiger partial charge in [0, 0.05) is 17.2 Å². The highest BCUT2D eigenvalue weighted by atomic mass is 79.9. The number of aromatic nitrogens is 2. The lowest BCUT2D eigenvalue weighted by Gasteiger charge is -2.18. The summed E-state index contributed by atoms with van der Waals surface area (Å²) < 4.78 is 31.2. The van der Waals surface area contributed by atoms with E-state index in [0.29, 0.717) is 26.6 Å². The number of carbonyl (C=O) groups excluding carboxylic acids is 1. The van der Waals surface area contributed by atoms with Crippen molar-refractivity contribution in [3.8, 4) is 11.8 Å². The van der Waals surface area contributed by atoms with Gasteiger partial charge in [0.1, 0.15) is 4.60 Å². The Morgan fingerprint density at radius 2 is 1.82 bits per heavy atom. The molecule has 0 aliphatic carbocycles. The molecule has 8 nitrogen and oxygen atoms in total. The Bertz CT molecular complexity index is 1300. The predicted octanol–water partition coefficient (Wildman–Crippen LogP) is 4.48. The third-order valence-corrected chi connectivity index (χ3v) is 6.21. The van der Waals surface area contributed by atoms with Gasteiger partial charge in [0.25, 0.3) is 0 Å². The van der Waals surface area contributed by atoms with Gasteiger partial charge < -0.3 is 10.2 Å². The number of carboxylic acids is 2. The zero-order valence-corrected chi connectivity index (χ0v) is 18.9. The summed E-state index contributed by atoms with van der Waals surface area (Å²) in [7, 11) is 0. The first-order chi connectivity index (χ1) is 15.5. The summed E-state index contributed by atoms with van der Waals surface area (Å²) in [5.41, 5.74) is 0.812. The van der Waals surface area contributed by atoms with Crippen LogP contribution < -0.4 is 0 Å². The molecule has 0 spiro atoms. The number of alkyl halides is 2. The number of carboxylic acid groups (broad SMARTS) is 2. The maximum absolute atomic E-state index is 14.8. The van der Waals surface area contributed by atoms with E-state index in [1.807, 2.05) is 0 Å². The molecule has 3 aromatic rings. The van der Waals surface area contributed by atoms with E-state index in [2.05, 4.69) is 27.0 Å². The van der Waals surface area contributed by atoms with Crippen molar-refractivity contribution in [2.45, 2.75) is 23.3 Å². The Morgan fingerprint density at radius 1 is 1.15 bits per heavy atom. The largest absolute Gasteiger partial charge is 0.481 e. The molecule has 2 N–H and O–H groups in total. The molecule has 0 amide bonds. The van der Waals surface area contributed by atoms with Crippen molar-refractivity contribution in [1.82, 2.24) is 9.55 Å². The first-order valence-corrected chi connectivity index (χ1v) is 10.9. The molecule has 0 aliphatic heterocycles. The van der Waals surface area contributed by atoms with Gasteiger partial charge in [0.2, 0.25) is 5.78 Å². The number of hydrogen-bond acceptors (Lipinski definition) is 6. The van der Waals surface area contributed by atoms with Crippen LogP contribution in [0, 0.1) is 17.2 Å². The number of halogens is 3. The third-order valence-electron chi connectivity index (χ3n) is 4.69. The molecule has 170 valence electrons. The van der Waals surface area contributed by atoms with E-state index in [0.717, 1.165) is 0 Å². The number of benzene rings is 2. The minimum absolute atomic E-state index is 0.179. The van der Waals surface area contributed by atoms with Crippen LogP contribution in [0.25, 0.3) is 16.5 Å². The van der Waals surface area contributed by atoms with Crippen molar-refractivity contribution in [2.24, 2.45) is 5.92 Å². The number of imidazole rings is 1. The highest BCUT2D eigenvalue weighted by Crippen LogP contribution is 2.41. The van der Waals surface area contributed by atoms with Crippen LogP contribution >= 0.6 is 27.7 Å². The van der Waals surface area contributed by atoms with E-state index in [1.165, 1.54) is 16.8 Å². The maximum Gasteiger partial charge on any atom is 0.358 e. The lowest BCUT2D eigenvalue weighted by molar-refractivity contribution is -0.151. The Balaban J connectivity index is 1.97. The molecule has 1 aromatic heterocycles. The molecule has 0 bridgehead atoms. The smallest absolute Gasteiger partial charge is 0.358 e. The number of aliphatic carboxylic acids is 2. The highest BCUT2D eigenvalue weighted by Gasteiger charge is 2.43. The van der Waals surface area contributed by atoms with Gasteiger partial charge in [-0.1, -0.05) is 24.3 Å². The van der Waals surface area contributed by atoms with Crippen LogP contribution in [0.15, 0.2) is 52.4 Å². The number of rotatable bonds is 9. The van der Waals surface area contributed by atoms with Crippen molar-refractivity contribution in [1.29, 1.82) is 5.26 Å². The first-order valence-electron chi connectivity index (χ1n) is 9.25. The normalized spacial score (nSPS) is 12.3. The Morgan fingerprint density at radius 3 is 2.42 bits per heavy atom. The number of ketones is 1. The van der Waals surface area contributed by atoms with Gasteiger partial charge in [0.05, 0.1) is 35.9 Å². The Hall–Kier alpha value is -3.30. The van der Waals surface area contributed by atoms with E-state index in [1.54, 1.807) is 30.3 Å². The fourth-order valence-corrected chi connectivity index (χ4v) is 4.55. The molecular formula is C21H14BrF2N3O5S. The van der Waals surface area contributed by atoms with Crippen LogP contribution in [0.3, 0.4) is 0 Å². The lowest BCUT2D eigenvalue weighted by Crippen LogP contribution is -2.30. The fourth-order valence-electron chi connectivity index (χ4n) is 3.15. The summed E-state index contributed by atoms with van der Waals surface area (Å²) in [4.78, 5) is 38.1. The zero-order valence-electron chi connectivity index (χ0n) is 16.5. The monoisotopic (exact) mass is 537 g/mol. The second kappa shape index (κ2) is 9.68. The summed E-state index contributed by atoms with van der Waals surface area (Å²) in [5, 5.41) is 24.0. The summed E-state index contributed by atoms with van der Waals surface area (Å²) in [6.07, 6.45) is -0.844. The number of carbonyl (C=O) groups is 3. The molecule has 0 aliphatic rings. The molecule has 33 heavy (non-hydrogen) atoms. The summed E-state index contributed by atoms with van der Waals surface area (Å²) >= 11 is 3.08. The molecule has 1 atom stereocenters. The van der Waals surface area contributed by atoms with E-state index >= 15 is 0 Å². The summed E-state index contributed by atoms with van der Waals surface area (Å²) in [6.45, 7) is 0. The third kappa shape index (κ3) is 5.20. The van der Waals surface area contributed by atoms with Crippen molar-refractivity contribution in [3.63, 3.8) is 0 Å². The fraction of sp³-hybridized carbons (Fsp3) is 0.190. The minimum atomic E-state index is -4.07. The van der Waals surface area contributed by atoms with E-state index < -0.39 is 41.7 Å². The minimum Gasteiger partial charge on any atom is -0.481 e. The maximum atomic E-state index is 14.8. The van der Waals surface area contributed by atoms with Crippen molar-refractivity contribution in [3.05, 3.63) is 52.8 Å². The molecule has 1 unspecified atom stereocenters. The lowest BCUT2D eigenvalue weighted by atomic mass is 9.99. The molecule has 0 radical (unpaired) electrons. The van der Waals surface area contributed by atoms with Crippen molar-refractivity contribution >= 4 is 56.2 Å². The van der Waals surface area contributed by atoms with Crippen LogP contribution in [0.4, 0.5) is 8.78 Å². The van der Waals surface area contributed by atoms with Crippen LogP contribution in [-0.4, -0.2) is 42.7 Å². The summed E-state index contributed by atoms with van der Waals surface area (Å²) in [6, 6.07) is 12.0. The number of thioether (sulfide) groups is 1. The van der Waals surface area contributed by atoms with Gasteiger partial charge in [-0.2, -0.15) is 14.0 Å². The topological polar surface area (TPSA) is 133 Å². The van der Waals surface area contributed by atoms with Crippen LogP contribution in [-0.2, 0) is 14.4 Å². The molecule has 0 fully saturated rings. The Kier molecular flexibility index (Phi) is 7.14. The van der Waals surface area contributed by atoms with Gasteiger partial charge in [0.15, 0.2) is 5.16 Å². The Labute approximate surface area is 198 Å². The molecule has 0 saturated heterocycles. The van der Waals surface area contributed by atoms with E-state index in [4.69, 9.17) is 10.2 Å². The van der Waals surface area contributed by atoms with Crippen molar-refractivity contribution in [2.75, 3.05) is 0 Å². The SMILES string of the molecule is N#Cc1ccc(-n2c(Br)cnc2SC(F)(F)C(=O)CC(CC(=O)O)C(=O)O)c2ccccc12. The predicted molar refractivity (Wildman–Crippen MR) is 117 cm³/mol. The van der Waals surface area contributed by atoms with E-state index in [9.17, 15) is 28.4 Å². The number of nitrogens with zero attached hydrogens (tertiary/aromatic N) is 3. The van der Waals surface area contributed by atoms with Gasteiger partial charge in [-0.15, -0.1) is 0 Å². The molecule has 0 saturated carbocycles. The van der Waals surface area contributed by atoms with Gasteiger partial charge >= 0.3 is 17.2 Å². The van der Waals surface area contributed by atoms with Crippen LogP contribution in [0.1, 0.15) is 18.4 Å². The molecule has 3 rings (SSSR count). The molecule has 1 heterocycles. The standard InChI is InChI=1S/C21H14BrF2N3O5S/c22-17-10-26-20(33-21(23,24)16(28)7-12(19(31)32)8-18(29)30)27(17)15-6-5-11(9-25)13-3-1-2-4-14(13)15/h1-6,10,12H,7-8H2,(H,29,30)(H,31,32).